The van der Waals surface area contributed by atoms with Crippen LogP contribution in [-0.2, 0) is 4.79 Å². The molecule has 1 aliphatic carbocycles. The van der Waals surface area contributed by atoms with E-state index in [4.69, 9.17) is 0 Å². The van der Waals surface area contributed by atoms with Crippen molar-refractivity contribution in [2.45, 2.75) is 50.6 Å². The molecule has 3 rings (SSSR count). The average molecular weight is 286 g/mol. The van der Waals surface area contributed by atoms with Gasteiger partial charge in [0, 0.05) is 18.2 Å². The number of nitrogens with one attached hydrogen (secondary N) is 1. The normalized spacial score (nSPS) is 22.5. The van der Waals surface area contributed by atoms with Crippen molar-refractivity contribution in [3.63, 3.8) is 0 Å². The molecule has 1 aromatic carbocycles. The maximum absolute atomic E-state index is 12.5. The number of benzene rings is 1. The highest BCUT2D eigenvalue weighted by Gasteiger charge is 2.35. The number of carbonyl (C=O) groups is 2. The number of likely N-dealkylation sites (tertiary alicyclic amines) is 1. The number of nitrogens with zero attached hydrogens (tertiary/aromatic N) is 1. The molecule has 4 heteroatoms. The summed E-state index contributed by atoms with van der Waals surface area (Å²) >= 11 is 0. The minimum absolute atomic E-state index is 0.0281. The minimum Gasteiger partial charge on any atom is -0.352 e. The van der Waals surface area contributed by atoms with Gasteiger partial charge in [0.1, 0.15) is 6.04 Å². The van der Waals surface area contributed by atoms with Crippen molar-refractivity contribution in [1.29, 1.82) is 0 Å². The second kappa shape index (κ2) is 6.29. The van der Waals surface area contributed by atoms with Gasteiger partial charge in [-0.25, -0.2) is 0 Å². The summed E-state index contributed by atoms with van der Waals surface area (Å²) in [5, 5.41) is 3.12. The van der Waals surface area contributed by atoms with Crippen molar-refractivity contribution in [2.75, 3.05) is 6.54 Å². The van der Waals surface area contributed by atoms with Crippen molar-refractivity contribution in [2.24, 2.45) is 0 Å². The summed E-state index contributed by atoms with van der Waals surface area (Å²) in [6.07, 6.45) is 6.22. The van der Waals surface area contributed by atoms with Gasteiger partial charge in [-0.05, 0) is 37.8 Å². The maximum Gasteiger partial charge on any atom is 0.254 e. The third kappa shape index (κ3) is 3.09. The summed E-state index contributed by atoms with van der Waals surface area (Å²) in [6, 6.07) is 9.25. The van der Waals surface area contributed by atoms with E-state index in [9.17, 15) is 9.59 Å². The van der Waals surface area contributed by atoms with Gasteiger partial charge in [-0.2, -0.15) is 0 Å². The van der Waals surface area contributed by atoms with E-state index >= 15 is 0 Å². The average Bonchev–Trinajstić information content (AvgIpc) is 3.18. The smallest absolute Gasteiger partial charge is 0.254 e. The second-order valence-corrected chi connectivity index (χ2v) is 6.01. The molecular weight excluding hydrogens is 264 g/mol. The first kappa shape index (κ1) is 14.1. The van der Waals surface area contributed by atoms with Gasteiger partial charge in [0.05, 0.1) is 0 Å². The van der Waals surface area contributed by atoms with Crippen LogP contribution >= 0.6 is 0 Å². The van der Waals surface area contributed by atoms with Crippen LogP contribution in [0.3, 0.4) is 0 Å². The van der Waals surface area contributed by atoms with Gasteiger partial charge < -0.3 is 10.2 Å². The molecule has 0 bridgehead atoms. The predicted octanol–water partition coefficient (Wildman–Crippen LogP) is 2.35. The van der Waals surface area contributed by atoms with E-state index in [0.717, 1.165) is 25.7 Å². The zero-order chi connectivity index (χ0) is 14.7. The Hall–Kier alpha value is -1.84. The van der Waals surface area contributed by atoms with E-state index in [1.165, 1.54) is 12.8 Å². The summed E-state index contributed by atoms with van der Waals surface area (Å²) in [5.41, 5.74) is 0.665. The number of carbonyl (C=O) groups excluding carboxylic acids is 2. The topological polar surface area (TPSA) is 49.4 Å². The van der Waals surface area contributed by atoms with Gasteiger partial charge in [-0.15, -0.1) is 0 Å². The summed E-state index contributed by atoms with van der Waals surface area (Å²) in [6.45, 7) is 0.677. The van der Waals surface area contributed by atoms with E-state index in [-0.39, 0.29) is 17.9 Å². The van der Waals surface area contributed by atoms with E-state index in [1.54, 1.807) is 4.90 Å². The van der Waals surface area contributed by atoms with E-state index < -0.39 is 0 Å². The first-order valence-corrected chi connectivity index (χ1v) is 7.92. The van der Waals surface area contributed by atoms with Gasteiger partial charge >= 0.3 is 0 Å². The van der Waals surface area contributed by atoms with Crippen LogP contribution in [0, 0.1) is 0 Å². The van der Waals surface area contributed by atoms with Gasteiger partial charge in [-0.3, -0.25) is 9.59 Å². The molecule has 2 aliphatic rings. The third-order valence-corrected chi connectivity index (χ3v) is 4.54. The fourth-order valence-electron chi connectivity index (χ4n) is 3.40. The fourth-order valence-corrected chi connectivity index (χ4v) is 3.40. The molecule has 1 aromatic rings. The van der Waals surface area contributed by atoms with Crippen LogP contribution in [0.4, 0.5) is 0 Å². The molecule has 0 radical (unpaired) electrons. The highest BCUT2D eigenvalue weighted by atomic mass is 16.2. The highest BCUT2D eigenvalue weighted by Crippen LogP contribution is 2.22. The predicted molar refractivity (Wildman–Crippen MR) is 80.9 cm³/mol. The Labute approximate surface area is 125 Å². The Kier molecular flexibility index (Phi) is 4.23. The Balaban J connectivity index is 1.67. The van der Waals surface area contributed by atoms with E-state index in [2.05, 4.69) is 5.32 Å². The van der Waals surface area contributed by atoms with Crippen LogP contribution in [0.15, 0.2) is 30.3 Å². The van der Waals surface area contributed by atoms with Crippen molar-refractivity contribution in [3.05, 3.63) is 35.9 Å². The zero-order valence-corrected chi connectivity index (χ0v) is 12.3. The van der Waals surface area contributed by atoms with E-state index in [0.29, 0.717) is 18.2 Å². The summed E-state index contributed by atoms with van der Waals surface area (Å²) in [5.74, 6) is 0.00310. The molecule has 0 unspecified atom stereocenters. The first-order chi connectivity index (χ1) is 10.3. The summed E-state index contributed by atoms with van der Waals surface area (Å²) in [7, 11) is 0. The molecule has 0 aromatic heterocycles. The lowest BCUT2D eigenvalue weighted by Crippen LogP contribution is -2.48. The molecule has 1 heterocycles. The lowest BCUT2D eigenvalue weighted by atomic mass is 10.1. The number of hydrogen-bond acceptors (Lipinski definition) is 2. The number of rotatable bonds is 3. The molecule has 0 spiro atoms. The molecule has 1 aliphatic heterocycles. The Morgan fingerprint density at radius 1 is 1.00 bits per heavy atom. The zero-order valence-electron chi connectivity index (χ0n) is 12.3. The molecular formula is C17H22N2O2. The molecule has 1 atom stereocenters. The molecule has 1 N–H and O–H groups in total. The van der Waals surface area contributed by atoms with Crippen LogP contribution in [-0.4, -0.2) is 35.3 Å². The number of amides is 2. The van der Waals surface area contributed by atoms with Crippen molar-refractivity contribution in [3.8, 4) is 0 Å². The summed E-state index contributed by atoms with van der Waals surface area (Å²) in [4.78, 5) is 26.7. The highest BCUT2D eigenvalue weighted by molar-refractivity contribution is 5.97. The molecule has 1 saturated carbocycles. The van der Waals surface area contributed by atoms with Crippen molar-refractivity contribution >= 4 is 11.8 Å². The van der Waals surface area contributed by atoms with Gasteiger partial charge in [-0.1, -0.05) is 31.0 Å². The molecule has 21 heavy (non-hydrogen) atoms. The lowest BCUT2D eigenvalue weighted by molar-refractivity contribution is -0.125. The molecule has 2 fully saturated rings. The Bertz CT molecular complexity index is 509. The monoisotopic (exact) mass is 286 g/mol. The van der Waals surface area contributed by atoms with Crippen LogP contribution < -0.4 is 5.32 Å². The molecule has 1 saturated heterocycles. The molecule has 2 amide bonds. The molecule has 112 valence electrons. The minimum atomic E-state index is -0.293. The fraction of sp³-hybridized carbons (Fsp3) is 0.529. The first-order valence-electron chi connectivity index (χ1n) is 7.92. The maximum atomic E-state index is 12.5. The van der Waals surface area contributed by atoms with Crippen molar-refractivity contribution in [1.82, 2.24) is 10.2 Å². The quantitative estimate of drug-likeness (QED) is 0.927. The largest absolute Gasteiger partial charge is 0.352 e. The third-order valence-electron chi connectivity index (χ3n) is 4.54. The van der Waals surface area contributed by atoms with Crippen molar-refractivity contribution < 1.29 is 9.59 Å². The van der Waals surface area contributed by atoms with Crippen LogP contribution in [0.1, 0.15) is 48.9 Å². The van der Waals surface area contributed by atoms with Crippen LogP contribution in [0.25, 0.3) is 0 Å². The van der Waals surface area contributed by atoms with Crippen LogP contribution in [0.5, 0.6) is 0 Å². The van der Waals surface area contributed by atoms with Crippen LogP contribution in [0.2, 0.25) is 0 Å². The Morgan fingerprint density at radius 3 is 2.43 bits per heavy atom. The van der Waals surface area contributed by atoms with Gasteiger partial charge in [0.15, 0.2) is 0 Å². The van der Waals surface area contributed by atoms with Gasteiger partial charge in [0.2, 0.25) is 5.91 Å². The van der Waals surface area contributed by atoms with Gasteiger partial charge in [0.25, 0.3) is 5.91 Å². The Morgan fingerprint density at radius 2 is 1.71 bits per heavy atom. The second-order valence-electron chi connectivity index (χ2n) is 6.01. The standard InChI is InChI=1S/C17H22N2O2/c20-16(18-14-9-4-5-10-14)15-11-6-12-19(15)17(21)13-7-2-1-3-8-13/h1-3,7-8,14-15H,4-6,9-12H2,(H,18,20)/t15-/m0/s1. The number of hydrogen-bond donors (Lipinski definition) is 1. The van der Waals surface area contributed by atoms with E-state index in [1.807, 2.05) is 30.3 Å². The SMILES string of the molecule is O=C(NC1CCCC1)[C@@H]1CCCN1C(=O)c1ccccc1. The lowest BCUT2D eigenvalue weighted by Gasteiger charge is -2.25. The summed E-state index contributed by atoms with van der Waals surface area (Å²) < 4.78 is 0. The molecule has 4 nitrogen and oxygen atoms in total.